The molecule has 0 aromatic carbocycles. The SMILES string of the molecule is CC(C)(CNC(=O)c1cc(Cl)ncc1Cl)C(N)=O. The Morgan fingerprint density at radius 1 is 1.44 bits per heavy atom. The minimum atomic E-state index is -0.834. The first-order chi connectivity index (χ1) is 8.24. The number of hydrogen-bond acceptors (Lipinski definition) is 3. The monoisotopic (exact) mass is 289 g/mol. The Balaban J connectivity index is 2.78. The van der Waals surface area contributed by atoms with Gasteiger partial charge in [-0.05, 0) is 19.9 Å². The molecule has 0 atom stereocenters. The summed E-state index contributed by atoms with van der Waals surface area (Å²) in [6.45, 7) is 3.38. The molecule has 0 aliphatic heterocycles. The van der Waals surface area contributed by atoms with Gasteiger partial charge >= 0.3 is 0 Å². The van der Waals surface area contributed by atoms with Crippen LogP contribution in [0.25, 0.3) is 0 Å². The third-order valence-corrected chi connectivity index (χ3v) is 2.93. The van der Waals surface area contributed by atoms with E-state index in [1.807, 2.05) is 0 Å². The van der Waals surface area contributed by atoms with Crippen molar-refractivity contribution >= 4 is 35.0 Å². The zero-order chi connectivity index (χ0) is 13.9. The fourth-order valence-electron chi connectivity index (χ4n) is 1.07. The van der Waals surface area contributed by atoms with Crippen molar-refractivity contribution in [2.75, 3.05) is 6.54 Å². The highest BCUT2D eigenvalue weighted by molar-refractivity contribution is 6.35. The first kappa shape index (κ1) is 14.7. The van der Waals surface area contributed by atoms with Gasteiger partial charge in [0.2, 0.25) is 5.91 Å². The van der Waals surface area contributed by atoms with Crippen LogP contribution in [0.2, 0.25) is 10.2 Å². The molecule has 0 bridgehead atoms. The van der Waals surface area contributed by atoms with Crippen LogP contribution in [0.4, 0.5) is 0 Å². The van der Waals surface area contributed by atoms with Crippen molar-refractivity contribution in [1.82, 2.24) is 10.3 Å². The van der Waals surface area contributed by atoms with Crippen LogP contribution in [-0.4, -0.2) is 23.3 Å². The zero-order valence-electron chi connectivity index (χ0n) is 9.96. The van der Waals surface area contributed by atoms with Crippen molar-refractivity contribution in [3.63, 3.8) is 0 Å². The van der Waals surface area contributed by atoms with Crippen molar-refractivity contribution < 1.29 is 9.59 Å². The standard InChI is InChI=1S/C11H13Cl2N3O2/c1-11(2,10(14)18)5-16-9(17)6-3-8(13)15-4-7(6)12/h3-4H,5H2,1-2H3,(H2,14,18)(H,16,17). The summed E-state index contributed by atoms with van der Waals surface area (Å²) in [5.74, 6) is -0.930. The molecule has 0 saturated heterocycles. The van der Waals surface area contributed by atoms with Gasteiger partial charge in [-0.2, -0.15) is 0 Å². The van der Waals surface area contributed by atoms with Crippen LogP contribution in [0.1, 0.15) is 24.2 Å². The van der Waals surface area contributed by atoms with E-state index in [1.54, 1.807) is 13.8 Å². The van der Waals surface area contributed by atoms with E-state index < -0.39 is 17.2 Å². The minimum Gasteiger partial charge on any atom is -0.369 e. The highest BCUT2D eigenvalue weighted by atomic mass is 35.5. The summed E-state index contributed by atoms with van der Waals surface area (Å²) in [6.07, 6.45) is 1.29. The summed E-state index contributed by atoms with van der Waals surface area (Å²) in [6, 6.07) is 1.36. The lowest BCUT2D eigenvalue weighted by Crippen LogP contribution is -2.42. The molecule has 1 aromatic heterocycles. The highest BCUT2D eigenvalue weighted by Crippen LogP contribution is 2.18. The predicted molar refractivity (Wildman–Crippen MR) is 69.6 cm³/mol. The summed E-state index contributed by atoms with van der Waals surface area (Å²) >= 11 is 11.5. The maximum atomic E-state index is 11.9. The van der Waals surface area contributed by atoms with Crippen LogP contribution >= 0.6 is 23.2 Å². The molecular formula is C11H13Cl2N3O2. The van der Waals surface area contributed by atoms with Crippen molar-refractivity contribution in [3.05, 3.63) is 28.0 Å². The summed E-state index contributed by atoms with van der Waals surface area (Å²) in [7, 11) is 0. The average Bonchev–Trinajstić information content (AvgIpc) is 2.29. The van der Waals surface area contributed by atoms with Gasteiger partial charge in [-0.3, -0.25) is 9.59 Å². The van der Waals surface area contributed by atoms with Gasteiger partial charge in [0.05, 0.1) is 16.0 Å². The van der Waals surface area contributed by atoms with Crippen LogP contribution < -0.4 is 11.1 Å². The van der Waals surface area contributed by atoms with Crippen molar-refractivity contribution in [1.29, 1.82) is 0 Å². The highest BCUT2D eigenvalue weighted by Gasteiger charge is 2.26. The number of primary amides is 1. The number of halogens is 2. The van der Waals surface area contributed by atoms with Crippen molar-refractivity contribution in [3.8, 4) is 0 Å². The lowest BCUT2D eigenvalue weighted by Gasteiger charge is -2.20. The van der Waals surface area contributed by atoms with E-state index in [2.05, 4.69) is 10.3 Å². The number of rotatable bonds is 4. The molecule has 0 radical (unpaired) electrons. The van der Waals surface area contributed by atoms with Crippen LogP contribution in [0.15, 0.2) is 12.3 Å². The summed E-state index contributed by atoms with van der Waals surface area (Å²) in [5, 5.41) is 2.93. The van der Waals surface area contributed by atoms with Crippen molar-refractivity contribution in [2.45, 2.75) is 13.8 Å². The quantitative estimate of drug-likeness (QED) is 0.826. The Labute approximate surface area is 115 Å². The first-order valence-corrected chi connectivity index (χ1v) is 5.89. The molecule has 2 amide bonds. The Hall–Kier alpha value is -1.33. The van der Waals surface area contributed by atoms with Gasteiger partial charge in [0.15, 0.2) is 0 Å². The summed E-state index contributed by atoms with van der Waals surface area (Å²) in [4.78, 5) is 26.7. The molecule has 0 unspecified atom stereocenters. The van der Waals surface area contributed by atoms with Gasteiger partial charge in [-0.25, -0.2) is 4.98 Å². The topological polar surface area (TPSA) is 85.1 Å². The third-order valence-electron chi connectivity index (χ3n) is 2.42. The maximum Gasteiger partial charge on any atom is 0.252 e. The molecule has 18 heavy (non-hydrogen) atoms. The predicted octanol–water partition coefficient (Wildman–Crippen LogP) is 1.63. The van der Waals surface area contributed by atoms with E-state index in [0.717, 1.165) is 0 Å². The smallest absolute Gasteiger partial charge is 0.252 e. The number of nitrogens with zero attached hydrogens (tertiary/aromatic N) is 1. The Kier molecular flexibility index (Phi) is 4.53. The van der Waals surface area contributed by atoms with E-state index in [0.29, 0.717) is 0 Å². The second-order valence-electron chi connectivity index (χ2n) is 4.42. The second kappa shape index (κ2) is 5.54. The Bertz CT molecular complexity index is 489. The molecule has 0 fully saturated rings. The fraction of sp³-hybridized carbons (Fsp3) is 0.364. The number of nitrogens with two attached hydrogens (primary N) is 1. The fourth-order valence-corrected chi connectivity index (χ4v) is 1.42. The number of pyridine rings is 1. The number of carbonyl (C=O) groups excluding carboxylic acids is 2. The number of carbonyl (C=O) groups is 2. The molecule has 0 spiro atoms. The minimum absolute atomic E-state index is 0.109. The maximum absolute atomic E-state index is 11.9. The molecule has 5 nitrogen and oxygen atoms in total. The van der Waals surface area contributed by atoms with E-state index >= 15 is 0 Å². The number of amides is 2. The lowest BCUT2D eigenvalue weighted by molar-refractivity contribution is -0.125. The number of hydrogen-bond donors (Lipinski definition) is 2. The third kappa shape index (κ3) is 3.58. The van der Waals surface area contributed by atoms with Crippen LogP contribution in [0.3, 0.4) is 0 Å². The Morgan fingerprint density at radius 3 is 2.61 bits per heavy atom. The van der Waals surface area contributed by atoms with Gasteiger partial charge in [0, 0.05) is 12.7 Å². The molecule has 98 valence electrons. The molecule has 1 aromatic rings. The van der Waals surface area contributed by atoms with Crippen LogP contribution in [-0.2, 0) is 4.79 Å². The van der Waals surface area contributed by atoms with E-state index in [1.165, 1.54) is 12.3 Å². The van der Waals surface area contributed by atoms with Crippen molar-refractivity contribution in [2.24, 2.45) is 11.1 Å². The first-order valence-electron chi connectivity index (χ1n) is 5.13. The van der Waals surface area contributed by atoms with Gasteiger partial charge in [-0.15, -0.1) is 0 Å². The average molecular weight is 290 g/mol. The van der Waals surface area contributed by atoms with Crippen LogP contribution in [0.5, 0.6) is 0 Å². The van der Waals surface area contributed by atoms with Gasteiger partial charge in [-0.1, -0.05) is 23.2 Å². The Morgan fingerprint density at radius 2 is 2.06 bits per heavy atom. The van der Waals surface area contributed by atoms with E-state index in [9.17, 15) is 9.59 Å². The summed E-state index contributed by atoms with van der Waals surface area (Å²) < 4.78 is 0. The molecular weight excluding hydrogens is 277 g/mol. The van der Waals surface area contributed by atoms with Gasteiger partial charge in [0.1, 0.15) is 5.15 Å². The molecule has 0 aliphatic rings. The lowest BCUT2D eigenvalue weighted by atomic mass is 9.93. The molecule has 1 rings (SSSR count). The van der Waals surface area contributed by atoms with Crippen LogP contribution in [0, 0.1) is 5.41 Å². The largest absolute Gasteiger partial charge is 0.369 e. The molecule has 0 aliphatic carbocycles. The van der Waals surface area contributed by atoms with Gasteiger partial charge in [0.25, 0.3) is 5.91 Å². The molecule has 7 heteroatoms. The molecule has 0 saturated carbocycles. The molecule has 3 N–H and O–H groups in total. The second-order valence-corrected chi connectivity index (χ2v) is 5.21. The van der Waals surface area contributed by atoms with E-state index in [4.69, 9.17) is 28.9 Å². The number of aromatic nitrogens is 1. The zero-order valence-corrected chi connectivity index (χ0v) is 11.5. The summed E-state index contributed by atoms with van der Waals surface area (Å²) in [5.41, 5.74) is 4.57. The van der Waals surface area contributed by atoms with E-state index in [-0.39, 0.29) is 22.3 Å². The number of nitrogens with one attached hydrogen (secondary N) is 1. The van der Waals surface area contributed by atoms with Gasteiger partial charge < -0.3 is 11.1 Å². The normalized spacial score (nSPS) is 11.1. The molecule has 1 heterocycles.